The highest BCUT2D eigenvalue weighted by Crippen LogP contribution is 2.30. The molecule has 1 heterocycles. The number of alkyl halides is 5. The molecule has 1 aliphatic rings. The van der Waals surface area contributed by atoms with E-state index in [0.29, 0.717) is 19.4 Å². The van der Waals surface area contributed by atoms with Gasteiger partial charge in [-0.3, -0.25) is 10.2 Å². The Bertz CT molecular complexity index is 604. The van der Waals surface area contributed by atoms with Crippen molar-refractivity contribution in [1.82, 2.24) is 10.2 Å². The van der Waals surface area contributed by atoms with E-state index < -0.39 is 31.2 Å². The second-order valence-corrected chi connectivity index (χ2v) is 6.50. The number of benzene rings is 1. The fraction of sp³-hybridized carbons (Fsp3) is 0.611. The first-order chi connectivity index (χ1) is 12.7. The molecule has 1 aromatic rings. The number of ether oxygens (including phenoxy) is 1. The van der Waals surface area contributed by atoms with Gasteiger partial charge in [0.2, 0.25) is 0 Å². The summed E-state index contributed by atoms with van der Waals surface area (Å²) in [6, 6.07) is 5.11. The van der Waals surface area contributed by atoms with E-state index in [9.17, 15) is 26.7 Å². The first-order valence-corrected chi connectivity index (χ1v) is 8.82. The van der Waals surface area contributed by atoms with Crippen LogP contribution in [0.25, 0.3) is 0 Å². The lowest BCUT2D eigenvalue weighted by Crippen LogP contribution is -2.48. The number of hydrogen-bond acceptors (Lipinski definition) is 4. The molecule has 1 aliphatic heterocycles. The van der Waals surface area contributed by atoms with E-state index in [-0.39, 0.29) is 24.3 Å². The molecule has 0 saturated carbocycles. The van der Waals surface area contributed by atoms with E-state index in [0.717, 1.165) is 18.9 Å². The number of hydrogen-bond donors (Lipinski definition) is 1. The summed E-state index contributed by atoms with van der Waals surface area (Å²) in [5.74, 6) is -3.17. The fourth-order valence-electron chi connectivity index (χ4n) is 2.89. The SMILES string of the molecule is O=CC(NCC(F)(F)c1cccc(OCCCC(F)(F)F)c1)N1CCCC1. The van der Waals surface area contributed by atoms with Crippen LogP contribution in [-0.2, 0) is 10.7 Å². The summed E-state index contributed by atoms with van der Waals surface area (Å²) >= 11 is 0. The smallest absolute Gasteiger partial charge is 0.389 e. The minimum atomic E-state index is -4.27. The van der Waals surface area contributed by atoms with Crippen molar-refractivity contribution in [3.63, 3.8) is 0 Å². The van der Waals surface area contributed by atoms with Crippen molar-refractivity contribution in [3.05, 3.63) is 29.8 Å². The molecule has 1 fully saturated rings. The Labute approximate surface area is 154 Å². The standard InChI is InChI=1S/C18H23F5N2O2/c19-17(20,13-24-16(12-26)25-8-1-2-9-25)14-5-3-6-15(11-14)27-10-4-7-18(21,22)23/h3,5-6,11-12,16,24H,1-2,4,7-10,13H2. The molecule has 1 aromatic carbocycles. The number of nitrogens with zero attached hydrogens (tertiary/aromatic N) is 1. The Morgan fingerprint density at radius 3 is 2.52 bits per heavy atom. The van der Waals surface area contributed by atoms with Gasteiger partial charge in [-0.15, -0.1) is 0 Å². The van der Waals surface area contributed by atoms with Crippen LogP contribution >= 0.6 is 0 Å². The summed E-state index contributed by atoms with van der Waals surface area (Å²) in [5, 5.41) is 2.58. The zero-order valence-electron chi connectivity index (χ0n) is 14.8. The van der Waals surface area contributed by atoms with Crippen LogP contribution in [0.5, 0.6) is 5.75 Å². The maximum absolute atomic E-state index is 14.5. The zero-order valence-corrected chi connectivity index (χ0v) is 14.8. The molecule has 1 N–H and O–H groups in total. The molecule has 1 unspecified atom stereocenters. The van der Waals surface area contributed by atoms with Crippen molar-refractivity contribution in [3.8, 4) is 5.75 Å². The molecule has 152 valence electrons. The van der Waals surface area contributed by atoms with Gasteiger partial charge >= 0.3 is 6.18 Å². The van der Waals surface area contributed by atoms with Gasteiger partial charge < -0.3 is 9.53 Å². The molecule has 27 heavy (non-hydrogen) atoms. The minimum Gasteiger partial charge on any atom is -0.494 e. The molecule has 0 bridgehead atoms. The molecule has 2 rings (SSSR count). The summed E-state index contributed by atoms with van der Waals surface area (Å²) in [6.45, 7) is 0.422. The normalized spacial score (nSPS) is 17.1. The van der Waals surface area contributed by atoms with Crippen LogP contribution in [0.4, 0.5) is 22.0 Å². The van der Waals surface area contributed by atoms with Crippen LogP contribution in [0.3, 0.4) is 0 Å². The Hall–Kier alpha value is -1.74. The number of carbonyl (C=O) groups is 1. The van der Waals surface area contributed by atoms with Gasteiger partial charge in [-0.05, 0) is 31.4 Å². The van der Waals surface area contributed by atoms with Crippen LogP contribution in [0.2, 0.25) is 0 Å². The predicted molar refractivity (Wildman–Crippen MR) is 89.8 cm³/mol. The molecular weight excluding hydrogens is 371 g/mol. The quantitative estimate of drug-likeness (QED) is 0.373. The molecule has 0 spiro atoms. The summed E-state index contributed by atoms with van der Waals surface area (Å²) < 4.78 is 70.4. The van der Waals surface area contributed by atoms with E-state index in [4.69, 9.17) is 4.74 Å². The molecule has 9 heteroatoms. The third kappa shape index (κ3) is 7.06. The van der Waals surface area contributed by atoms with E-state index in [2.05, 4.69) is 5.32 Å². The third-order valence-electron chi connectivity index (χ3n) is 4.33. The van der Waals surface area contributed by atoms with Crippen LogP contribution in [0, 0.1) is 0 Å². The highest BCUT2D eigenvalue weighted by atomic mass is 19.4. The number of halogens is 5. The summed E-state index contributed by atoms with van der Waals surface area (Å²) in [7, 11) is 0. The fourth-order valence-corrected chi connectivity index (χ4v) is 2.89. The molecule has 1 atom stereocenters. The monoisotopic (exact) mass is 394 g/mol. The molecule has 0 aliphatic carbocycles. The molecular formula is C18H23F5N2O2. The van der Waals surface area contributed by atoms with Crippen LogP contribution in [-0.4, -0.2) is 49.8 Å². The molecule has 0 amide bonds. The number of likely N-dealkylation sites (tertiary alicyclic amines) is 1. The van der Waals surface area contributed by atoms with Crippen LogP contribution < -0.4 is 10.1 Å². The van der Waals surface area contributed by atoms with E-state index in [1.807, 2.05) is 4.90 Å². The topological polar surface area (TPSA) is 41.6 Å². The van der Waals surface area contributed by atoms with Gasteiger partial charge in [-0.1, -0.05) is 12.1 Å². The average Bonchev–Trinajstić information content (AvgIpc) is 3.13. The van der Waals surface area contributed by atoms with Crippen molar-refractivity contribution in [1.29, 1.82) is 0 Å². The summed E-state index contributed by atoms with van der Waals surface area (Å²) in [5.41, 5.74) is -0.325. The second-order valence-electron chi connectivity index (χ2n) is 6.50. The third-order valence-corrected chi connectivity index (χ3v) is 4.33. The lowest BCUT2D eigenvalue weighted by molar-refractivity contribution is -0.136. The average molecular weight is 394 g/mol. The van der Waals surface area contributed by atoms with Crippen molar-refractivity contribution in [2.45, 2.75) is 43.9 Å². The lowest BCUT2D eigenvalue weighted by atomic mass is 10.1. The maximum Gasteiger partial charge on any atom is 0.389 e. The summed E-state index contributed by atoms with van der Waals surface area (Å²) in [6.07, 6.45) is -3.80. The Morgan fingerprint density at radius 2 is 1.89 bits per heavy atom. The van der Waals surface area contributed by atoms with Gasteiger partial charge in [0, 0.05) is 25.1 Å². The van der Waals surface area contributed by atoms with Gasteiger partial charge in [0.1, 0.15) is 11.9 Å². The first kappa shape index (κ1) is 21.6. The second kappa shape index (κ2) is 9.45. The van der Waals surface area contributed by atoms with Gasteiger partial charge in [-0.2, -0.15) is 22.0 Å². The highest BCUT2D eigenvalue weighted by Gasteiger charge is 2.34. The van der Waals surface area contributed by atoms with E-state index in [1.165, 1.54) is 18.2 Å². The molecule has 0 aromatic heterocycles. The van der Waals surface area contributed by atoms with Crippen molar-refractivity contribution in [2.75, 3.05) is 26.2 Å². The highest BCUT2D eigenvalue weighted by molar-refractivity contribution is 5.57. The summed E-state index contributed by atoms with van der Waals surface area (Å²) in [4.78, 5) is 13.0. The largest absolute Gasteiger partial charge is 0.494 e. The van der Waals surface area contributed by atoms with Crippen LogP contribution in [0.1, 0.15) is 31.2 Å². The van der Waals surface area contributed by atoms with E-state index in [1.54, 1.807) is 0 Å². The number of nitrogens with one attached hydrogen (secondary N) is 1. The van der Waals surface area contributed by atoms with Crippen LogP contribution in [0.15, 0.2) is 24.3 Å². The van der Waals surface area contributed by atoms with Crippen molar-refractivity contribution in [2.24, 2.45) is 0 Å². The van der Waals surface area contributed by atoms with Gasteiger partial charge in [0.25, 0.3) is 5.92 Å². The minimum absolute atomic E-state index is 0.0841. The lowest BCUT2D eigenvalue weighted by Gasteiger charge is -2.26. The number of carbonyl (C=O) groups excluding carboxylic acids is 1. The van der Waals surface area contributed by atoms with Gasteiger partial charge in [0.15, 0.2) is 6.29 Å². The van der Waals surface area contributed by atoms with Gasteiger partial charge in [0.05, 0.1) is 13.2 Å². The van der Waals surface area contributed by atoms with E-state index >= 15 is 0 Å². The first-order valence-electron chi connectivity index (χ1n) is 8.82. The molecule has 1 saturated heterocycles. The Morgan fingerprint density at radius 1 is 1.19 bits per heavy atom. The maximum atomic E-state index is 14.5. The zero-order chi connectivity index (χ0) is 19.9. The van der Waals surface area contributed by atoms with Crippen molar-refractivity contribution < 1.29 is 31.5 Å². The number of aldehydes is 1. The molecule has 0 radical (unpaired) electrons. The Kier molecular flexibility index (Phi) is 7.55. The predicted octanol–water partition coefficient (Wildman–Crippen LogP) is 3.71. The van der Waals surface area contributed by atoms with Gasteiger partial charge in [-0.25, -0.2) is 0 Å². The Balaban J connectivity index is 1.89. The van der Waals surface area contributed by atoms with Crippen molar-refractivity contribution >= 4 is 6.29 Å². The molecule has 4 nitrogen and oxygen atoms in total. The number of rotatable bonds is 10.